The molecule has 6 rings (SSSR count). The van der Waals surface area contributed by atoms with E-state index >= 15 is 0 Å². The molecule has 1 aromatic heterocycles. The van der Waals surface area contributed by atoms with Crippen LogP contribution in [0.25, 0.3) is 11.1 Å². The zero-order valence-corrected chi connectivity index (χ0v) is 26.1. The molecule has 1 spiro atoms. The van der Waals surface area contributed by atoms with Gasteiger partial charge in [-0.2, -0.15) is 0 Å². The zero-order valence-electron chi connectivity index (χ0n) is 26.1. The highest BCUT2D eigenvalue weighted by Crippen LogP contribution is 2.55. The molecule has 10 heteroatoms. The number of hydrogen-bond donors (Lipinski definition) is 3. The second kappa shape index (κ2) is 12.6. The molecule has 2 aromatic carbocycles. The van der Waals surface area contributed by atoms with E-state index in [-0.39, 0.29) is 36.3 Å². The van der Waals surface area contributed by atoms with Crippen LogP contribution in [0.5, 0.6) is 0 Å². The van der Waals surface area contributed by atoms with E-state index in [4.69, 9.17) is 4.52 Å². The summed E-state index contributed by atoms with van der Waals surface area (Å²) >= 11 is 0. The van der Waals surface area contributed by atoms with Crippen molar-refractivity contribution in [2.45, 2.75) is 82.9 Å². The van der Waals surface area contributed by atoms with Gasteiger partial charge in [0, 0.05) is 24.9 Å². The molecule has 0 radical (unpaired) electrons. The highest BCUT2D eigenvalue weighted by atomic mass is 19.1. The van der Waals surface area contributed by atoms with Crippen molar-refractivity contribution >= 4 is 11.8 Å². The van der Waals surface area contributed by atoms with E-state index in [0.29, 0.717) is 22.7 Å². The molecule has 240 valence electrons. The van der Waals surface area contributed by atoms with Crippen LogP contribution < -0.4 is 10.6 Å². The van der Waals surface area contributed by atoms with Crippen molar-refractivity contribution in [1.29, 1.82) is 0 Å². The lowest BCUT2D eigenvalue weighted by Crippen LogP contribution is -2.48. The molecule has 2 amide bonds. The highest BCUT2D eigenvalue weighted by Gasteiger charge is 2.47. The Hall–Kier alpha value is -3.63. The van der Waals surface area contributed by atoms with Crippen LogP contribution in [0, 0.1) is 23.0 Å². The lowest BCUT2D eigenvalue weighted by molar-refractivity contribution is -0.141. The lowest BCUT2D eigenvalue weighted by atomic mass is 9.57. The van der Waals surface area contributed by atoms with Gasteiger partial charge in [0.1, 0.15) is 29.4 Å². The lowest BCUT2D eigenvalue weighted by Gasteiger charge is -2.49. The van der Waals surface area contributed by atoms with E-state index in [1.165, 1.54) is 35.9 Å². The van der Waals surface area contributed by atoms with E-state index < -0.39 is 35.7 Å². The van der Waals surface area contributed by atoms with Crippen LogP contribution >= 0.6 is 0 Å². The Labute approximate surface area is 262 Å². The smallest absolute Gasteiger partial charge is 0.243 e. The zero-order chi connectivity index (χ0) is 31.9. The second-order valence-corrected chi connectivity index (χ2v) is 13.6. The fraction of sp³-hybridized carbons (Fsp3) is 0.514. The van der Waals surface area contributed by atoms with E-state index in [1.54, 1.807) is 31.2 Å². The number of aliphatic hydroxyl groups is 1. The van der Waals surface area contributed by atoms with Gasteiger partial charge in [0.15, 0.2) is 0 Å². The minimum atomic E-state index is -0.850. The minimum absolute atomic E-state index is 0.0532. The number of aromatic nitrogens is 1. The first-order valence-corrected chi connectivity index (χ1v) is 16.1. The van der Waals surface area contributed by atoms with Gasteiger partial charge in [0.25, 0.3) is 0 Å². The summed E-state index contributed by atoms with van der Waals surface area (Å²) in [6.45, 7) is 7.85. The number of amides is 2. The predicted molar refractivity (Wildman–Crippen MR) is 165 cm³/mol. The summed E-state index contributed by atoms with van der Waals surface area (Å²) in [6.07, 6.45) is 3.83. The Bertz CT molecular complexity index is 1510. The van der Waals surface area contributed by atoms with E-state index in [2.05, 4.69) is 15.8 Å². The van der Waals surface area contributed by atoms with E-state index in [1.807, 2.05) is 19.9 Å². The van der Waals surface area contributed by atoms with Crippen LogP contribution in [-0.2, 0) is 9.59 Å². The molecule has 0 bridgehead atoms. The third-order valence-electron chi connectivity index (χ3n) is 10.1. The van der Waals surface area contributed by atoms with Crippen LogP contribution in [-0.4, -0.2) is 58.8 Å². The van der Waals surface area contributed by atoms with Gasteiger partial charge in [-0.05, 0) is 80.3 Å². The highest BCUT2D eigenvalue weighted by molar-refractivity contribution is 5.91. The number of likely N-dealkylation sites (tertiary alicyclic amines) is 1. The van der Waals surface area contributed by atoms with Crippen molar-refractivity contribution in [1.82, 2.24) is 20.7 Å². The Morgan fingerprint density at radius 1 is 1.07 bits per heavy atom. The van der Waals surface area contributed by atoms with Crippen LogP contribution in [0.4, 0.5) is 8.78 Å². The summed E-state index contributed by atoms with van der Waals surface area (Å²) in [5, 5.41) is 21.3. The van der Waals surface area contributed by atoms with Gasteiger partial charge in [-0.1, -0.05) is 49.3 Å². The fourth-order valence-electron chi connectivity index (χ4n) is 7.53. The number of carbonyl (C=O) groups excluding carboxylic acids is 2. The molecule has 1 aliphatic carbocycles. The van der Waals surface area contributed by atoms with Crippen LogP contribution in [0.1, 0.15) is 87.8 Å². The number of benzene rings is 2. The Kier molecular flexibility index (Phi) is 8.81. The van der Waals surface area contributed by atoms with Gasteiger partial charge in [-0.15, -0.1) is 0 Å². The molecule has 3 aliphatic rings. The summed E-state index contributed by atoms with van der Waals surface area (Å²) in [6, 6.07) is 11.0. The average molecular weight is 621 g/mol. The van der Waals surface area contributed by atoms with Gasteiger partial charge < -0.3 is 25.2 Å². The summed E-state index contributed by atoms with van der Waals surface area (Å²) < 4.78 is 34.3. The third kappa shape index (κ3) is 6.27. The third-order valence-corrected chi connectivity index (χ3v) is 10.1. The maximum Gasteiger partial charge on any atom is 0.243 e. The van der Waals surface area contributed by atoms with Gasteiger partial charge in [0.2, 0.25) is 11.8 Å². The first-order valence-electron chi connectivity index (χ1n) is 16.1. The number of rotatable bonds is 8. The number of carbonyl (C=O) groups is 2. The van der Waals surface area contributed by atoms with Gasteiger partial charge in [-0.3, -0.25) is 9.59 Å². The van der Waals surface area contributed by atoms with Gasteiger partial charge in [-0.25, -0.2) is 8.78 Å². The largest absolute Gasteiger partial charge is 0.391 e. The molecule has 8 nitrogen and oxygen atoms in total. The molecule has 45 heavy (non-hydrogen) atoms. The summed E-state index contributed by atoms with van der Waals surface area (Å²) in [5.41, 5.74) is 2.30. The standard InChI is InChI=1S/C35H42F2N4O4/c1-20(2)31(30-16-28(40-45-30)24-17-35(18-24)11-13-38-14-12-35)34(44)41-19-25(42)15-29(41)33(43)39-21(3)22-7-9-23(10-8-22)32-26(36)5-4-6-27(32)37/h4-10,16,20-21,24-25,29,31,38,42H,11-15,17-19H2,1-3H3,(H,39,43)/t21-,25+,29-,31+/m0/s1. The molecule has 3 fully saturated rings. The predicted octanol–water partition coefficient (Wildman–Crippen LogP) is 5.45. The molecule has 2 saturated heterocycles. The van der Waals surface area contributed by atoms with Crippen molar-refractivity contribution in [2.75, 3.05) is 19.6 Å². The SMILES string of the molecule is CC(C)[C@@H](C(=O)N1C[C@H](O)C[C@H]1C(=O)N[C@@H](C)c1ccc(-c2c(F)cccc2F)cc1)c1cc(C2CC3(CCNCC3)C2)no1. The first-order chi connectivity index (χ1) is 21.5. The molecule has 2 aliphatic heterocycles. The Morgan fingerprint density at radius 3 is 2.38 bits per heavy atom. The number of nitrogens with one attached hydrogen (secondary N) is 2. The summed E-state index contributed by atoms with van der Waals surface area (Å²) in [4.78, 5) is 29.0. The van der Waals surface area contributed by atoms with Crippen LogP contribution in [0.2, 0.25) is 0 Å². The van der Waals surface area contributed by atoms with Crippen molar-refractivity contribution in [3.8, 4) is 11.1 Å². The topological polar surface area (TPSA) is 108 Å². The number of β-amino-alcohol motifs (C(OH)–C–C–N with tert-alkyl or cyclic N) is 1. The number of halogens is 2. The van der Waals surface area contributed by atoms with E-state index in [9.17, 15) is 23.5 Å². The molecule has 3 N–H and O–H groups in total. The first kappa shape index (κ1) is 31.4. The molecular weight excluding hydrogens is 578 g/mol. The van der Waals surface area contributed by atoms with Crippen molar-refractivity contribution in [2.24, 2.45) is 11.3 Å². The summed E-state index contributed by atoms with van der Waals surface area (Å²) in [5.74, 6) is -1.87. The van der Waals surface area contributed by atoms with Crippen molar-refractivity contribution < 1.29 is 28.0 Å². The normalized spacial score (nSPS) is 22.8. The van der Waals surface area contributed by atoms with Crippen molar-refractivity contribution in [3.63, 3.8) is 0 Å². The van der Waals surface area contributed by atoms with E-state index in [0.717, 1.165) is 37.2 Å². The second-order valence-electron chi connectivity index (χ2n) is 13.6. The number of nitrogens with zero attached hydrogens (tertiary/aromatic N) is 2. The molecule has 0 unspecified atom stereocenters. The van der Waals surface area contributed by atoms with Crippen LogP contribution in [0.3, 0.4) is 0 Å². The van der Waals surface area contributed by atoms with Gasteiger partial charge >= 0.3 is 0 Å². The van der Waals surface area contributed by atoms with Crippen LogP contribution in [0.15, 0.2) is 53.1 Å². The van der Waals surface area contributed by atoms with Gasteiger partial charge in [0.05, 0.1) is 23.4 Å². The molecule has 3 aromatic rings. The molecule has 4 atom stereocenters. The van der Waals surface area contributed by atoms with Crippen molar-refractivity contribution in [3.05, 3.63) is 77.2 Å². The quantitative estimate of drug-likeness (QED) is 0.310. The Morgan fingerprint density at radius 2 is 1.73 bits per heavy atom. The molecule has 1 saturated carbocycles. The average Bonchev–Trinajstić information content (AvgIpc) is 3.63. The molecule has 3 heterocycles. The molecular formula is C35H42F2N4O4. The maximum absolute atomic E-state index is 14.3. The number of piperidine rings is 1. The maximum atomic E-state index is 14.3. The number of hydrogen-bond acceptors (Lipinski definition) is 6. The number of aliphatic hydroxyl groups excluding tert-OH is 1. The fourth-order valence-corrected chi connectivity index (χ4v) is 7.53. The summed E-state index contributed by atoms with van der Waals surface area (Å²) in [7, 11) is 0. The Balaban J connectivity index is 1.12. The monoisotopic (exact) mass is 620 g/mol. The minimum Gasteiger partial charge on any atom is -0.391 e.